The Morgan fingerprint density at radius 2 is 1.96 bits per heavy atom. The van der Waals surface area contributed by atoms with Gasteiger partial charge in [-0.05, 0) is 25.5 Å². The number of methoxy groups -OCH3 is 1. The van der Waals surface area contributed by atoms with Crippen molar-refractivity contribution in [1.29, 1.82) is 0 Å². The lowest BCUT2D eigenvalue weighted by Gasteiger charge is -2.15. The molecular formula is C16H23NO5S. The number of hydrogen-bond donors (Lipinski definition) is 2. The van der Waals surface area contributed by atoms with E-state index in [1.807, 2.05) is 6.92 Å². The summed E-state index contributed by atoms with van der Waals surface area (Å²) in [5, 5.41) is 9.79. The zero-order chi connectivity index (χ0) is 17.5. The maximum Gasteiger partial charge on any atom is 0.315 e. The number of carbonyl (C=O) groups is 1. The molecule has 128 valence electrons. The topological polar surface area (TPSA) is 92.7 Å². The highest BCUT2D eigenvalue weighted by atomic mass is 32.2. The van der Waals surface area contributed by atoms with Crippen LogP contribution in [0.25, 0.3) is 0 Å². The summed E-state index contributed by atoms with van der Waals surface area (Å²) in [5.74, 6) is -1.37. The van der Waals surface area contributed by atoms with Gasteiger partial charge in [-0.25, -0.2) is 13.1 Å². The van der Waals surface area contributed by atoms with Gasteiger partial charge in [0.1, 0.15) is 5.92 Å². The Morgan fingerprint density at radius 3 is 2.48 bits per heavy atom. The SMILES string of the molecule is CCC(O)C(/C=C/CNS(=O)(=O)c1ccc(C)cc1)C(=O)OC. The Labute approximate surface area is 137 Å². The fourth-order valence-electron chi connectivity index (χ4n) is 1.93. The minimum Gasteiger partial charge on any atom is -0.468 e. The summed E-state index contributed by atoms with van der Waals surface area (Å²) in [5.41, 5.74) is 0.971. The minimum atomic E-state index is -3.61. The van der Waals surface area contributed by atoms with Crippen molar-refractivity contribution < 1.29 is 23.1 Å². The van der Waals surface area contributed by atoms with E-state index < -0.39 is 28.0 Å². The highest BCUT2D eigenvalue weighted by molar-refractivity contribution is 7.89. The zero-order valence-corrected chi connectivity index (χ0v) is 14.3. The number of esters is 1. The molecule has 2 atom stereocenters. The van der Waals surface area contributed by atoms with Crippen LogP contribution in [0, 0.1) is 12.8 Å². The van der Waals surface area contributed by atoms with E-state index in [2.05, 4.69) is 9.46 Å². The number of sulfonamides is 1. The number of benzene rings is 1. The molecule has 0 aliphatic heterocycles. The number of aliphatic hydroxyl groups is 1. The van der Waals surface area contributed by atoms with Gasteiger partial charge in [0.25, 0.3) is 0 Å². The Hall–Kier alpha value is -1.70. The van der Waals surface area contributed by atoms with E-state index >= 15 is 0 Å². The summed E-state index contributed by atoms with van der Waals surface area (Å²) in [4.78, 5) is 11.8. The minimum absolute atomic E-state index is 0.0140. The molecule has 0 amide bonds. The second-order valence-corrected chi connectivity index (χ2v) is 6.88. The van der Waals surface area contributed by atoms with Crippen LogP contribution >= 0.6 is 0 Å². The molecule has 6 nitrogen and oxygen atoms in total. The zero-order valence-electron chi connectivity index (χ0n) is 13.5. The van der Waals surface area contributed by atoms with Crippen molar-refractivity contribution in [2.24, 2.45) is 5.92 Å². The number of rotatable bonds is 8. The van der Waals surface area contributed by atoms with E-state index in [1.165, 1.54) is 31.4 Å². The number of aryl methyl sites for hydroxylation is 1. The third-order valence-corrected chi connectivity index (χ3v) is 4.81. The number of aliphatic hydroxyl groups excluding tert-OH is 1. The number of hydrogen-bond acceptors (Lipinski definition) is 5. The Morgan fingerprint density at radius 1 is 1.35 bits per heavy atom. The molecule has 0 aliphatic carbocycles. The van der Waals surface area contributed by atoms with E-state index in [4.69, 9.17) is 0 Å². The summed E-state index contributed by atoms with van der Waals surface area (Å²) in [6, 6.07) is 6.49. The second-order valence-electron chi connectivity index (χ2n) is 5.12. The van der Waals surface area contributed by atoms with Gasteiger partial charge in [0.15, 0.2) is 0 Å². The highest BCUT2D eigenvalue weighted by Crippen LogP contribution is 2.12. The lowest BCUT2D eigenvalue weighted by molar-refractivity contribution is -0.147. The van der Waals surface area contributed by atoms with Crippen LogP contribution in [-0.2, 0) is 19.6 Å². The molecule has 1 aromatic carbocycles. The van der Waals surface area contributed by atoms with Gasteiger partial charge in [0.05, 0.1) is 18.1 Å². The molecule has 0 saturated carbocycles. The van der Waals surface area contributed by atoms with Gasteiger partial charge >= 0.3 is 5.97 Å². The molecule has 0 fully saturated rings. The van der Waals surface area contributed by atoms with Gasteiger partial charge in [-0.3, -0.25) is 4.79 Å². The molecule has 0 aliphatic rings. The summed E-state index contributed by atoms with van der Waals surface area (Å²) in [7, 11) is -2.36. The molecule has 0 radical (unpaired) electrons. The monoisotopic (exact) mass is 341 g/mol. The van der Waals surface area contributed by atoms with E-state index in [9.17, 15) is 18.3 Å². The Kier molecular flexibility index (Phi) is 7.41. The van der Waals surface area contributed by atoms with Crippen molar-refractivity contribution in [2.45, 2.75) is 31.3 Å². The lowest BCUT2D eigenvalue weighted by atomic mass is 10.00. The predicted octanol–water partition coefficient (Wildman–Crippen LogP) is 1.39. The van der Waals surface area contributed by atoms with Gasteiger partial charge in [-0.2, -0.15) is 0 Å². The molecule has 0 bridgehead atoms. The molecule has 0 aromatic heterocycles. The smallest absolute Gasteiger partial charge is 0.315 e. The Bertz CT molecular complexity index is 637. The first kappa shape index (κ1) is 19.3. The normalized spacial score (nSPS) is 14.6. The quantitative estimate of drug-likeness (QED) is 0.551. The van der Waals surface area contributed by atoms with E-state index in [-0.39, 0.29) is 11.4 Å². The molecule has 1 rings (SSSR count). The number of ether oxygens (including phenoxy) is 1. The number of nitrogens with one attached hydrogen (secondary N) is 1. The van der Waals surface area contributed by atoms with Gasteiger partial charge in [0.2, 0.25) is 10.0 Å². The summed E-state index contributed by atoms with van der Waals surface area (Å²) < 4.78 is 31.2. The molecule has 0 heterocycles. The largest absolute Gasteiger partial charge is 0.468 e. The fourth-order valence-corrected chi connectivity index (χ4v) is 2.90. The molecule has 1 aromatic rings. The number of carbonyl (C=O) groups excluding carboxylic acids is 1. The van der Waals surface area contributed by atoms with Gasteiger partial charge in [-0.1, -0.05) is 36.8 Å². The van der Waals surface area contributed by atoms with Gasteiger partial charge in [-0.15, -0.1) is 0 Å². The van der Waals surface area contributed by atoms with Crippen LogP contribution in [0.15, 0.2) is 41.3 Å². The van der Waals surface area contributed by atoms with Crippen molar-refractivity contribution >= 4 is 16.0 Å². The summed E-state index contributed by atoms with van der Waals surface area (Å²) in [6.45, 7) is 3.63. The van der Waals surface area contributed by atoms with Crippen molar-refractivity contribution in [3.05, 3.63) is 42.0 Å². The third kappa shape index (κ3) is 5.78. The lowest BCUT2D eigenvalue weighted by Crippen LogP contribution is -2.28. The van der Waals surface area contributed by atoms with Gasteiger partial charge < -0.3 is 9.84 Å². The van der Waals surface area contributed by atoms with Crippen molar-refractivity contribution in [3.63, 3.8) is 0 Å². The maximum atomic E-state index is 12.1. The first-order chi connectivity index (χ1) is 10.8. The maximum absolute atomic E-state index is 12.1. The van der Waals surface area contributed by atoms with Crippen LogP contribution in [0.2, 0.25) is 0 Å². The van der Waals surface area contributed by atoms with Crippen molar-refractivity contribution in [1.82, 2.24) is 4.72 Å². The van der Waals surface area contributed by atoms with Crippen LogP contribution in [-0.4, -0.2) is 39.3 Å². The van der Waals surface area contributed by atoms with Crippen molar-refractivity contribution in [3.8, 4) is 0 Å². The molecule has 2 unspecified atom stereocenters. The molecule has 0 saturated heterocycles. The standard InChI is InChI=1S/C16H23NO5S/c1-4-15(18)14(16(19)22-3)6-5-11-17-23(20,21)13-9-7-12(2)8-10-13/h5-10,14-15,17-18H,4,11H2,1-3H3/b6-5+. The van der Waals surface area contributed by atoms with Crippen LogP contribution in [0.1, 0.15) is 18.9 Å². The predicted molar refractivity (Wildman–Crippen MR) is 87.3 cm³/mol. The third-order valence-electron chi connectivity index (χ3n) is 3.37. The Balaban J connectivity index is 2.69. The molecule has 0 spiro atoms. The first-order valence-corrected chi connectivity index (χ1v) is 8.79. The van der Waals surface area contributed by atoms with E-state index in [1.54, 1.807) is 19.1 Å². The second kappa shape index (κ2) is 8.81. The average Bonchev–Trinajstić information content (AvgIpc) is 2.54. The first-order valence-electron chi connectivity index (χ1n) is 7.30. The fraction of sp³-hybridized carbons (Fsp3) is 0.438. The summed E-state index contributed by atoms with van der Waals surface area (Å²) in [6.07, 6.45) is 2.47. The molecular weight excluding hydrogens is 318 g/mol. The van der Waals surface area contributed by atoms with Crippen LogP contribution in [0.5, 0.6) is 0 Å². The van der Waals surface area contributed by atoms with Crippen LogP contribution in [0.4, 0.5) is 0 Å². The van der Waals surface area contributed by atoms with Gasteiger partial charge in [0, 0.05) is 6.54 Å². The molecule has 7 heteroatoms. The highest BCUT2D eigenvalue weighted by Gasteiger charge is 2.23. The van der Waals surface area contributed by atoms with E-state index in [0.717, 1.165) is 5.56 Å². The van der Waals surface area contributed by atoms with Crippen LogP contribution in [0.3, 0.4) is 0 Å². The van der Waals surface area contributed by atoms with E-state index in [0.29, 0.717) is 6.42 Å². The van der Waals surface area contributed by atoms with Crippen LogP contribution < -0.4 is 4.72 Å². The molecule has 2 N–H and O–H groups in total. The summed E-state index contributed by atoms with van der Waals surface area (Å²) >= 11 is 0. The molecule has 23 heavy (non-hydrogen) atoms. The van der Waals surface area contributed by atoms with Crippen molar-refractivity contribution in [2.75, 3.05) is 13.7 Å². The average molecular weight is 341 g/mol.